The standard InChI is InChI=1S/C18H14N2O4S/c21-17(22)16(25-18-19-12-3-1-2-4-13(12)20-18)10-11-5-6-14-15(9-11)24-8-7-23-14/h1-6,9-10H,7-8H2,(H,19,20)(H,21,22)/b16-10-. The van der Waals surface area contributed by atoms with Crippen LogP contribution in [-0.4, -0.2) is 34.3 Å². The van der Waals surface area contributed by atoms with E-state index in [1.807, 2.05) is 24.3 Å². The molecular weight excluding hydrogens is 340 g/mol. The highest BCUT2D eigenvalue weighted by molar-refractivity contribution is 8.04. The van der Waals surface area contributed by atoms with E-state index in [9.17, 15) is 9.90 Å². The highest BCUT2D eigenvalue weighted by Crippen LogP contribution is 2.33. The number of aliphatic carboxylic acids is 1. The number of nitrogens with zero attached hydrogens (tertiary/aromatic N) is 1. The van der Waals surface area contributed by atoms with Crippen LogP contribution in [0, 0.1) is 0 Å². The predicted octanol–water partition coefficient (Wildman–Crippen LogP) is 3.55. The van der Waals surface area contributed by atoms with Gasteiger partial charge in [0.15, 0.2) is 16.7 Å². The number of nitrogens with one attached hydrogen (secondary N) is 1. The van der Waals surface area contributed by atoms with Crippen molar-refractivity contribution < 1.29 is 19.4 Å². The Balaban J connectivity index is 1.64. The normalized spacial score (nSPS) is 13.8. The second kappa shape index (κ2) is 6.52. The molecular formula is C18H14N2O4S. The Morgan fingerprint density at radius 3 is 2.76 bits per heavy atom. The molecule has 6 nitrogen and oxygen atoms in total. The monoisotopic (exact) mass is 354 g/mol. The molecule has 4 rings (SSSR count). The lowest BCUT2D eigenvalue weighted by Gasteiger charge is -2.18. The van der Waals surface area contributed by atoms with Crippen LogP contribution in [0.3, 0.4) is 0 Å². The van der Waals surface area contributed by atoms with E-state index in [0.29, 0.717) is 29.9 Å². The topological polar surface area (TPSA) is 84.4 Å². The fourth-order valence-corrected chi connectivity index (χ4v) is 3.31. The van der Waals surface area contributed by atoms with Gasteiger partial charge in [-0.2, -0.15) is 0 Å². The first-order valence-electron chi connectivity index (χ1n) is 7.66. The molecule has 0 fully saturated rings. The number of hydrogen-bond acceptors (Lipinski definition) is 5. The number of carbonyl (C=O) groups is 1. The van der Waals surface area contributed by atoms with E-state index < -0.39 is 5.97 Å². The van der Waals surface area contributed by atoms with Gasteiger partial charge in [0.1, 0.15) is 18.1 Å². The molecule has 0 spiro atoms. The number of thioether (sulfide) groups is 1. The lowest BCUT2D eigenvalue weighted by molar-refractivity contribution is -0.131. The summed E-state index contributed by atoms with van der Waals surface area (Å²) in [5.41, 5.74) is 2.40. The van der Waals surface area contributed by atoms with Gasteiger partial charge in [-0.05, 0) is 47.7 Å². The number of aromatic nitrogens is 2. The van der Waals surface area contributed by atoms with E-state index in [1.54, 1.807) is 24.3 Å². The van der Waals surface area contributed by atoms with Crippen LogP contribution >= 0.6 is 11.8 Å². The summed E-state index contributed by atoms with van der Waals surface area (Å²) in [4.78, 5) is 19.3. The van der Waals surface area contributed by atoms with Crippen molar-refractivity contribution in [2.75, 3.05) is 13.2 Å². The Hall–Kier alpha value is -2.93. The van der Waals surface area contributed by atoms with Gasteiger partial charge in [-0.25, -0.2) is 9.78 Å². The van der Waals surface area contributed by atoms with Crippen molar-refractivity contribution in [3.05, 3.63) is 52.9 Å². The molecule has 0 amide bonds. The fraction of sp³-hybridized carbons (Fsp3) is 0.111. The van der Waals surface area contributed by atoms with Gasteiger partial charge < -0.3 is 19.6 Å². The molecule has 0 atom stereocenters. The van der Waals surface area contributed by atoms with Crippen LogP contribution in [0.1, 0.15) is 5.56 Å². The van der Waals surface area contributed by atoms with Crippen molar-refractivity contribution in [1.82, 2.24) is 9.97 Å². The molecule has 0 unspecified atom stereocenters. The van der Waals surface area contributed by atoms with Crippen LogP contribution in [0.15, 0.2) is 52.5 Å². The Morgan fingerprint density at radius 1 is 1.16 bits per heavy atom. The van der Waals surface area contributed by atoms with E-state index in [0.717, 1.165) is 28.4 Å². The maximum absolute atomic E-state index is 11.6. The Morgan fingerprint density at radius 2 is 1.96 bits per heavy atom. The van der Waals surface area contributed by atoms with E-state index in [1.165, 1.54) is 0 Å². The second-order valence-corrected chi connectivity index (χ2v) is 6.41. The highest BCUT2D eigenvalue weighted by atomic mass is 32.2. The van der Waals surface area contributed by atoms with Crippen molar-refractivity contribution in [1.29, 1.82) is 0 Å². The SMILES string of the molecule is O=C(O)/C(=C/c1ccc2c(c1)OCCO2)Sc1nc2ccccc2[nH]1. The molecule has 1 aliphatic rings. The zero-order valence-corrected chi connectivity index (χ0v) is 13.9. The molecule has 25 heavy (non-hydrogen) atoms. The molecule has 0 saturated heterocycles. The zero-order valence-electron chi connectivity index (χ0n) is 13.1. The summed E-state index contributed by atoms with van der Waals surface area (Å²) in [7, 11) is 0. The number of para-hydroxylation sites is 2. The summed E-state index contributed by atoms with van der Waals surface area (Å²) in [6.07, 6.45) is 1.60. The van der Waals surface area contributed by atoms with Gasteiger partial charge in [-0.1, -0.05) is 18.2 Å². The molecule has 1 aromatic heterocycles. The Bertz CT molecular complexity index is 947. The molecule has 0 saturated carbocycles. The Kier molecular flexibility index (Phi) is 4.07. The molecule has 0 bridgehead atoms. The highest BCUT2D eigenvalue weighted by Gasteiger charge is 2.15. The number of carboxylic acid groups (broad SMARTS) is 1. The summed E-state index contributed by atoms with van der Waals surface area (Å²) >= 11 is 1.08. The van der Waals surface area contributed by atoms with Gasteiger partial charge in [0.25, 0.3) is 0 Å². The minimum atomic E-state index is -1.01. The molecule has 2 N–H and O–H groups in total. The smallest absolute Gasteiger partial charge is 0.342 e. The summed E-state index contributed by atoms with van der Waals surface area (Å²) in [5.74, 6) is 0.282. The zero-order chi connectivity index (χ0) is 17.2. The van der Waals surface area contributed by atoms with Crippen LogP contribution in [0.5, 0.6) is 11.5 Å². The summed E-state index contributed by atoms with van der Waals surface area (Å²) in [6.45, 7) is 1.00. The maximum atomic E-state index is 11.6. The minimum absolute atomic E-state index is 0.163. The number of aromatic amines is 1. The van der Waals surface area contributed by atoms with Gasteiger partial charge in [-0.15, -0.1) is 0 Å². The number of rotatable bonds is 4. The number of carboxylic acids is 1. The van der Waals surface area contributed by atoms with Crippen LogP contribution in [-0.2, 0) is 4.79 Å². The van der Waals surface area contributed by atoms with E-state index in [4.69, 9.17) is 9.47 Å². The lowest BCUT2D eigenvalue weighted by atomic mass is 10.2. The van der Waals surface area contributed by atoms with Crippen LogP contribution in [0.25, 0.3) is 17.1 Å². The van der Waals surface area contributed by atoms with E-state index in [2.05, 4.69) is 9.97 Å². The number of H-pyrrole nitrogens is 1. The minimum Gasteiger partial charge on any atom is -0.486 e. The largest absolute Gasteiger partial charge is 0.486 e. The number of benzene rings is 2. The first-order valence-corrected chi connectivity index (χ1v) is 8.48. The van der Waals surface area contributed by atoms with Crippen LogP contribution in [0.2, 0.25) is 0 Å². The average Bonchev–Trinajstić information content (AvgIpc) is 3.03. The second-order valence-electron chi connectivity index (χ2n) is 5.38. The first-order chi connectivity index (χ1) is 12.2. The van der Waals surface area contributed by atoms with Crippen molar-refractivity contribution in [3.8, 4) is 11.5 Å². The van der Waals surface area contributed by atoms with Gasteiger partial charge in [0.05, 0.1) is 11.0 Å². The molecule has 126 valence electrons. The number of hydrogen-bond donors (Lipinski definition) is 2. The van der Waals surface area contributed by atoms with Gasteiger partial charge in [0.2, 0.25) is 0 Å². The van der Waals surface area contributed by atoms with E-state index in [-0.39, 0.29) is 4.91 Å². The van der Waals surface area contributed by atoms with Crippen molar-refractivity contribution in [2.24, 2.45) is 0 Å². The molecule has 1 aliphatic heterocycles. The molecule has 2 aromatic carbocycles. The third-order valence-electron chi connectivity index (χ3n) is 3.65. The third-order valence-corrected chi connectivity index (χ3v) is 4.55. The fourth-order valence-electron chi connectivity index (χ4n) is 2.52. The van der Waals surface area contributed by atoms with Crippen LogP contribution in [0.4, 0.5) is 0 Å². The number of fused-ring (bicyclic) bond motifs is 2. The van der Waals surface area contributed by atoms with E-state index >= 15 is 0 Å². The van der Waals surface area contributed by atoms with Crippen LogP contribution < -0.4 is 9.47 Å². The molecule has 0 aliphatic carbocycles. The van der Waals surface area contributed by atoms with Crippen molar-refractivity contribution in [3.63, 3.8) is 0 Å². The quantitative estimate of drug-likeness (QED) is 0.551. The Labute approximate surface area is 147 Å². The summed E-state index contributed by atoms with van der Waals surface area (Å²) < 4.78 is 11.0. The molecule has 2 heterocycles. The average molecular weight is 354 g/mol. The summed E-state index contributed by atoms with van der Waals surface area (Å²) in [6, 6.07) is 12.9. The molecule has 3 aromatic rings. The van der Waals surface area contributed by atoms with Gasteiger partial charge in [0, 0.05) is 0 Å². The number of imidazole rings is 1. The predicted molar refractivity (Wildman–Crippen MR) is 95.0 cm³/mol. The number of ether oxygens (including phenoxy) is 2. The maximum Gasteiger partial charge on any atom is 0.342 e. The van der Waals surface area contributed by atoms with Crippen molar-refractivity contribution >= 4 is 34.8 Å². The van der Waals surface area contributed by atoms with Gasteiger partial charge >= 0.3 is 5.97 Å². The summed E-state index contributed by atoms with van der Waals surface area (Å²) in [5, 5.41) is 10.1. The van der Waals surface area contributed by atoms with Crippen molar-refractivity contribution in [2.45, 2.75) is 5.16 Å². The third kappa shape index (κ3) is 3.32. The lowest BCUT2D eigenvalue weighted by Crippen LogP contribution is -2.15. The van der Waals surface area contributed by atoms with Gasteiger partial charge in [-0.3, -0.25) is 0 Å². The molecule has 7 heteroatoms. The molecule has 0 radical (unpaired) electrons. The first kappa shape index (κ1) is 15.6.